The van der Waals surface area contributed by atoms with Gasteiger partial charge in [0.1, 0.15) is 0 Å². The van der Waals surface area contributed by atoms with Gasteiger partial charge >= 0.3 is 0 Å². The Bertz CT molecular complexity index is 1020. The third-order valence-corrected chi connectivity index (χ3v) is 7.47. The van der Waals surface area contributed by atoms with Crippen molar-refractivity contribution in [3.8, 4) is 0 Å². The van der Waals surface area contributed by atoms with E-state index in [0.717, 1.165) is 59.6 Å². The summed E-state index contributed by atoms with van der Waals surface area (Å²) in [4.78, 5) is 3.37. The molecule has 176 valence electrons. The molecule has 2 aromatic carbocycles. The first-order chi connectivity index (χ1) is 15.8. The molecule has 1 fully saturated rings. The number of aryl methyl sites for hydroxylation is 2. The topological polar surface area (TPSA) is 50.5 Å². The molecular weight excluding hydrogens is 426 g/mol. The Hall–Kier alpha value is -2.63. The van der Waals surface area contributed by atoms with Gasteiger partial charge in [0.05, 0.1) is 18.2 Å². The SMILES string of the molecule is C=C(/C(S/C(Nc1ccc(N2CCOCC2)cc1)=C(\C)CC)=C(/C)N)c1c(C)cccc1C. The van der Waals surface area contributed by atoms with E-state index < -0.39 is 0 Å². The standard InChI is InChI=1S/C28H37N3OS/c1-7-19(2)28(30-24-11-13-25(14-12-24)31-15-17-32-18-16-31)33-27(23(6)29)22(5)26-20(3)9-8-10-21(26)4/h8-14,30H,5,7,15-18,29H2,1-4,6H3/b27-23+,28-19+. The molecule has 2 aromatic rings. The molecule has 1 heterocycles. The molecular formula is C28H37N3OS. The second-order valence-corrected chi connectivity index (χ2v) is 9.61. The molecule has 0 amide bonds. The van der Waals surface area contributed by atoms with Crippen molar-refractivity contribution in [3.05, 3.63) is 86.9 Å². The van der Waals surface area contributed by atoms with Gasteiger partial charge in [0, 0.05) is 35.1 Å². The summed E-state index contributed by atoms with van der Waals surface area (Å²) in [6.07, 6.45) is 0.952. The summed E-state index contributed by atoms with van der Waals surface area (Å²) in [5.41, 5.74) is 15.3. The zero-order valence-electron chi connectivity index (χ0n) is 20.6. The van der Waals surface area contributed by atoms with Crippen molar-refractivity contribution >= 4 is 28.7 Å². The average Bonchev–Trinajstić information content (AvgIpc) is 2.81. The number of thioether (sulfide) groups is 1. The molecule has 0 atom stereocenters. The molecule has 3 rings (SSSR count). The van der Waals surface area contributed by atoms with Gasteiger partial charge < -0.3 is 20.7 Å². The van der Waals surface area contributed by atoms with Gasteiger partial charge in [-0.3, -0.25) is 0 Å². The number of morpholine rings is 1. The molecule has 0 radical (unpaired) electrons. The molecule has 0 spiro atoms. The lowest BCUT2D eigenvalue weighted by atomic mass is 9.96. The highest BCUT2D eigenvalue weighted by Gasteiger charge is 2.17. The summed E-state index contributed by atoms with van der Waals surface area (Å²) in [6, 6.07) is 15.0. The van der Waals surface area contributed by atoms with Crippen LogP contribution in [-0.2, 0) is 4.74 Å². The first-order valence-corrected chi connectivity index (χ1v) is 12.4. The van der Waals surface area contributed by atoms with Gasteiger partial charge in [-0.15, -0.1) is 0 Å². The molecule has 0 aliphatic carbocycles. The van der Waals surface area contributed by atoms with Crippen LogP contribution < -0.4 is 16.0 Å². The Labute approximate surface area is 203 Å². The minimum atomic E-state index is 0.776. The van der Waals surface area contributed by atoms with Crippen LogP contribution in [0.25, 0.3) is 5.57 Å². The number of benzene rings is 2. The highest BCUT2D eigenvalue weighted by Crippen LogP contribution is 2.40. The van der Waals surface area contributed by atoms with Crippen molar-refractivity contribution in [2.24, 2.45) is 5.73 Å². The first kappa shape index (κ1) is 25.0. The predicted molar refractivity (Wildman–Crippen MR) is 146 cm³/mol. The Balaban J connectivity index is 1.84. The van der Waals surface area contributed by atoms with Gasteiger partial charge in [-0.2, -0.15) is 0 Å². The van der Waals surface area contributed by atoms with Gasteiger partial charge in [0.2, 0.25) is 0 Å². The van der Waals surface area contributed by atoms with E-state index in [1.807, 2.05) is 6.92 Å². The third-order valence-electron chi connectivity index (χ3n) is 6.04. The average molecular weight is 464 g/mol. The maximum atomic E-state index is 6.39. The molecule has 3 N–H and O–H groups in total. The summed E-state index contributed by atoms with van der Waals surface area (Å²) in [5.74, 6) is 0. The smallest absolute Gasteiger partial charge is 0.0763 e. The second kappa shape index (κ2) is 11.5. The van der Waals surface area contributed by atoms with Crippen LogP contribution in [0.1, 0.15) is 43.9 Å². The van der Waals surface area contributed by atoms with Crippen LogP contribution in [0.3, 0.4) is 0 Å². The molecule has 1 aliphatic rings. The van der Waals surface area contributed by atoms with Crippen molar-refractivity contribution in [1.82, 2.24) is 0 Å². The Morgan fingerprint density at radius 2 is 1.67 bits per heavy atom. The molecule has 5 heteroatoms. The van der Waals surface area contributed by atoms with Crippen LogP contribution >= 0.6 is 11.8 Å². The monoisotopic (exact) mass is 463 g/mol. The third kappa shape index (κ3) is 6.24. The Kier molecular flexibility index (Phi) is 8.70. The van der Waals surface area contributed by atoms with Crippen molar-refractivity contribution in [2.45, 2.75) is 41.0 Å². The summed E-state index contributed by atoms with van der Waals surface area (Å²) >= 11 is 1.67. The predicted octanol–water partition coefficient (Wildman–Crippen LogP) is 6.83. The van der Waals surface area contributed by atoms with Crippen LogP contribution in [0.15, 0.2) is 70.2 Å². The second-order valence-electron chi connectivity index (χ2n) is 8.59. The number of nitrogens with one attached hydrogen (secondary N) is 1. The summed E-state index contributed by atoms with van der Waals surface area (Å²) < 4.78 is 5.47. The fourth-order valence-corrected chi connectivity index (χ4v) is 5.05. The largest absolute Gasteiger partial charge is 0.401 e. The number of anilines is 2. The van der Waals surface area contributed by atoms with Gasteiger partial charge in [0.15, 0.2) is 0 Å². The van der Waals surface area contributed by atoms with Gasteiger partial charge in [-0.1, -0.05) is 43.5 Å². The molecule has 0 bridgehead atoms. The lowest BCUT2D eigenvalue weighted by Gasteiger charge is -2.29. The van der Waals surface area contributed by atoms with E-state index in [-0.39, 0.29) is 0 Å². The zero-order valence-corrected chi connectivity index (χ0v) is 21.4. The maximum Gasteiger partial charge on any atom is 0.0763 e. The number of nitrogens with two attached hydrogens (primary N) is 1. The van der Waals surface area contributed by atoms with Gasteiger partial charge in [-0.05, 0) is 86.2 Å². The van der Waals surface area contributed by atoms with E-state index in [1.54, 1.807) is 11.8 Å². The van der Waals surface area contributed by atoms with Crippen LogP contribution in [0.2, 0.25) is 0 Å². The maximum absolute atomic E-state index is 6.39. The Morgan fingerprint density at radius 1 is 1.06 bits per heavy atom. The summed E-state index contributed by atoms with van der Waals surface area (Å²) in [6.45, 7) is 18.5. The van der Waals surface area contributed by atoms with Crippen LogP contribution in [0, 0.1) is 13.8 Å². The van der Waals surface area contributed by atoms with Crippen molar-refractivity contribution in [3.63, 3.8) is 0 Å². The van der Waals surface area contributed by atoms with Crippen molar-refractivity contribution < 1.29 is 4.74 Å². The minimum Gasteiger partial charge on any atom is -0.401 e. The fourth-order valence-electron chi connectivity index (χ4n) is 3.97. The van der Waals surface area contributed by atoms with E-state index in [1.165, 1.54) is 28.0 Å². The molecule has 0 saturated carbocycles. The lowest BCUT2D eigenvalue weighted by molar-refractivity contribution is 0.122. The van der Waals surface area contributed by atoms with Gasteiger partial charge in [0.25, 0.3) is 0 Å². The number of hydrogen-bond acceptors (Lipinski definition) is 5. The fraction of sp³-hybridized carbons (Fsp3) is 0.357. The lowest BCUT2D eigenvalue weighted by Crippen LogP contribution is -2.36. The van der Waals surface area contributed by atoms with E-state index in [0.29, 0.717) is 0 Å². The quantitative estimate of drug-likeness (QED) is 0.420. The van der Waals surface area contributed by atoms with Crippen molar-refractivity contribution in [2.75, 3.05) is 36.5 Å². The van der Waals surface area contributed by atoms with E-state index in [2.05, 4.69) is 87.0 Å². The van der Waals surface area contributed by atoms with E-state index >= 15 is 0 Å². The number of hydrogen-bond donors (Lipinski definition) is 2. The summed E-state index contributed by atoms with van der Waals surface area (Å²) in [5, 5.41) is 4.75. The van der Waals surface area contributed by atoms with Crippen LogP contribution in [0.4, 0.5) is 11.4 Å². The number of rotatable bonds is 8. The zero-order chi connectivity index (χ0) is 24.0. The molecule has 4 nitrogen and oxygen atoms in total. The van der Waals surface area contributed by atoms with E-state index in [9.17, 15) is 0 Å². The first-order valence-electron chi connectivity index (χ1n) is 11.6. The minimum absolute atomic E-state index is 0.776. The highest BCUT2D eigenvalue weighted by atomic mass is 32.2. The number of ether oxygens (including phenoxy) is 1. The number of nitrogens with zero attached hydrogens (tertiary/aromatic N) is 1. The number of allylic oxidation sites excluding steroid dienone is 3. The van der Waals surface area contributed by atoms with Crippen LogP contribution in [0.5, 0.6) is 0 Å². The molecule has 0 aromatic heterocycles. The molecule has 1 aliphatic heterocycles. The Morgan fingerprint density at radius 3 is 2.21 bits per heavy atom. The van der Waals surface area contributed by atoms with Crippen LogP contribution in [-0.4, -0.2) is 26.3 Å². The molecule has 0 unspecified atom stereocenters. The summed E-state index contributed by atoms with van der Waals surface area (Å²) in [7, 11) is 0. The van der Waals surface area contributed by atoms with Gasteiger partial charge in [-0.25, -0.2) is 0 Å². The normalized spacial score (nSPS) is 15.6. The van der Waals surface area contributed by atoms with E-state index in [4.69, 9.17) is 10.5 Å². The highest BCUT2D eigenvalue weighted by molar-refractivity contribution is 8.07. The molecule has 1 saturated heterocycles. The van der Waals surface area contributed by atoms with Crippen molar-refractivity contribution in [1.29, 1.82) is 0 Å². The molecule has 33 heavy (non-hydrogen) atoms.